The molecule has 0 bridgehead atoms. The van der Waals surface area contributed by atoms with Gasteiger partial charge >= 0.3 is 6.18 Å². The van der Waals surface area contributed by atoms with Crippen LogP contribution in [0, 0.1) is 6.92 Å². The topological polar surface area (TPSA) is 91.6 Å². The fourth-order valence-corrected chi connectivity index (χ4v) is 4.84. The van der Waals surface area contributed by atoms with Crippen molar-refractivity contribution >= 4 is 11.6 Å². The predicted molar refractivity (Wildman–Crippen MR) is 126 cm³/mol. The van der Waals surface area contributed by atoms with Gasteiger partial charge in [-0.25, -0.2) is 9.97 Å². The van der Waals surface area contributed by atoms with Crippen LogP contribution in [0.15, 0.2) is 30.7 Å². The summed E-state index contributed by atoms with van der Waals surface area (Å²) >= 11 is 0. The number of anilines is 1. The van der Waals surface area contributed by atoms with Crippen molar-refractivity contribution < 1.29 is 32.2 Å². The number of rotatable bonds is 6. The zero-order valence-corrected chi connectivity index (χ0v) is 20.8. The van der Waals surface area contributed by atoms with Crippen molar-refractivity contribution in [2.24, 2.45) is 0 Å². The molecule has 3 aromatic rings. The summed E-state index contributed by atoms with van der Waals surface area (Å²) in [4.78, 5) is 24.3. The number of fused-ring (bicyclic) bond motifs is 2. The Morgan fingerprint density at radius 2 is 2.03 bits per heavy atom. The lowest BCUT2D eigenvalue weighted by atomic mass is 9.99. The van der Waals surface area contributed by atoms with Crippen LogP contribution in [-0.4, -0.2) is 51.7 Å². The minimum Gasteiger partial charge on any atom is -0.491 e. The summed E-state index contributed by atoms with van der Waals surface area (Å²) in [5, 5.41) is 3.83. The molecule has 1 amide bonds. The fraction of sp³-hybridized carbons (Fsp3) is 0.440. The number of pyridine rings is 2. The summed E-state index contributed by atoms with van der Waals surface area (Å²) in [6.07, 6.45) is 0.629. The van der Waals surface area contributed by atoms with Crippen molar-refractivity contribution in [1.29, 1.82) is 0 Å². The molecule has 3 aromatic heterocycles. The molecule has 0 radical (unpaired) electrons. The number of aromatic nitrogens is 4. The summed E-state index contributed by atoms with van der Waals surface area (Å²) in [5.74, 6) is 0.399. The first kappa shape index (κ1) is 25.0. The number of alkyl halides is 3. The maximum absolute atomic E-state index is 13.7. The summed E-state index contributed by atoms with van der Waals surface area (Å²) in [7, 11) is 1.52. The second-order valence-electron chi connectivity index (χ2n) is 9.33. The molecule has 0 N–H and O–H groups in total. The van der Waals surface area contributed by atoms with Crippen LogP contribution in [-0.2, 0) is 17.0 Å². The van der Waals surface area contributed by atoms with Gasteiger partial charge in [-0.15, -0.1) is 0 Å². The lowest BCUT2D eigenvalue weighted by Gasteiger charge is -2.33. The van der Waals surface area contributed by atoms with Gasteiger partial charge in [-0.3, -0.25) is 14.4 Å². The number of ether oxygens (including phenoxy) is 3. The van der Waals surface area contributed by atoms with Crippen molar-refractivity contribution in [3.63, 3.8) is 0 Å². The molecule has 37 heavy (non-hydrogen) atoms. The van der Waals surface area contributed by atoms with E-state index in [4.69, 9.17) is 19.2 Å². The molecule has 1 fully saturated rings. The van der Waals surface area contributed by atoms with Gasteiger partial charge in [-0.1, -0.05) is 0 Å². The molecule has 0 unspecified atom stereocenters. The van der Waals surface area contributed by atoms with Crippen LogP contribution < -0.4 is 14.4 Å². The number of halogens is 3. The Morgan fingerprint density at radius 1 is 1.24 bits per heavy atom. The van der Waals surface area contributed by atoms with E-state index in [0.717, 1.165) is 4.68 Å². The molecule has 2 aliphatic heterocycles. The highest BCUT2D eigenvalue weighted by atomic mass is 19.4. The van der Waals surface area contributed by atoms with Crippen LogP contribution in [0.3, 0.4) is 0 Å². The third-order valence-electron chi connectivity index (χ3n) is 6.27. The first-order chi connectivity index (χ1) is 17.5. The standard InChI is InChI=1S/C25H26F3N5O4/c1-14(2)37-22-19(35-4)9-16(10-29-22)18-8-15(3)20-21(31-18)24(6-5-7-36-24)33(23(20)34)17-11-30-32(12-17)13-25(26,27)28/h8-12,14H,5-7,13H2,1-4H3/t24-/m1/s1. The molecule has 196 valence electrons. The Labute approximate surface area is 211 Å². The lowest BCUT2D eigenvalue weighted by Crippen LogP contribution is -2.43. The molecule has 2 aliphatic rings. The number of nitrogens with zero attached hydrogens (tertiary/aromatic N) is 5. The highest BCUT2D eigenvalue weighted by molar-refractivity contribution is 6.12. The number of methoxy groups -OCH3 is 1. The Kier molecular flexibility index (Phi) is 6.09. The average molecular weight is 518 g/mol. The number of aryl methyl sites for hydroxylation is 1. The van der Waals surface area contributed by atoms with E-state index in [1.807, 2.05) is 13.8 Å². The van der Waals surface area contributed by atoms with E-state index < -0.39 is 24.4 Å². The molecule has 9 nitrogen and oxygen atoms in total. The number of carbonyl (C=O) groups is 1. The highest BCUT2D eigenvalue weighted by Crippen LogP contribution is 2.49. The van der Waals surface area contributed by atoms with Crippen LogP contribution in [0.25, 0.3) is 11.3 Å². The van der Waals surface area contributed by atoms with Gasteiger partial charge in [-0.05, 0) is 44.9 Å². The van der Waals surface area contributed by atoms with E-state index in [-0.39, 0.29) is 11.8 Å². The third-order valence-corrected chi connectivity index (χ3v) is 6.27. The van der Waals surface area contributed by atoms with Crippen molar-refractivity contribution in [2.45, 2.75) is 58.2 Å². The van der Waals surface area contributed by atoms with Gasteiger partial charge in [0, 0.05) is 24.4 Å². The number of hydrogen-bond acceptors (Lipinski definition) is 7. The van der Waals surface area contributed by atoms with Crippen molar-refractivity contribution in [3.8, 4) is 22.9 Å². The van der Waals surface area contributed by atoms with Crippen molar-refractivity contribution in [3.05, 3.63) is 47.5 Å². The average Bonchev–Trinajstić information content (AvgIpc) is 3.53. The Balaban J connectivity index is 1.59. The zero-order chi connectivity index (χ0) is 26.5. The molecular weight excluding hydrogens is 491 g/mol. The van der Waals surface area contributed by atoms with Crippen LogP contribution >= 0.6 is 0 Å². The lowest BCUT2D eigenvalue weighted by molar-refractivity contribution is -0.142. The fourth-order valence-electron chi connectivity index (χ4n) is 4.84. The van der Waals surface area contributed by atoms with Gasteiger partial charge in [0.25, 0.3) is 11.8 Å². The van der Waals surface area contributed by atoms with E-state index in [2.05, 4.69) is 10.1 Å². The monoisotopic (exact) mass is 517 g/mol. The number of carbonyl (C=O) groups excluding carboxylic acids is 1. The first-order valence-corrected chi connectivity index (χ1v) is 11.8. The van der Waals surface area contributed by atoms with Gasteiger partial charge in [0.05, 0.1) is 43.0 Å². The molecule has 0 aromatic carbocycles. The summed E-state index contributed by atoms with van der Waals surface area (Å²) in [6, 6.07) is 3.53. The summed E-state index contributed by atoms with van der Waals surface area (Å²) < 4.78 is 56.8. The maximum Gasteiger partial charge on any atom is 0.408 e. The van der Waals surface area contributed by atoms with E-state index in [0.29, 0.717) is 59.2 Å². The summed E-state index contributed by atoms with van der Waals surface area (Å²) in [6.45, 7) is 4.68. The van der Waals surface area contributed by atoms with Crippen LogP contribution in [0.2, 0.25) is 0 Å². The minimum absolute atomic E-state index is 0.0931. The van der Waals surface area contributed by atoms with Gasteiger partial charge in [0.15, 0.2) is 11.5 Å². The van der Waals surface area contributed by atoms with Gasteiger partial charge < -0.3 is 14.2 Å². The van der Waals surface area contributed by atoms with Crippen molar-refractivity contribution in [1.82, 2.24) is 19.7 Å². The smallest absolute Gasteiger partial charge is 0.408 e. The van der Waals surface area contributed by atoms with E-state index in [1.165, 1.54) is 24.4 Å². The second-order valence-corrected chi connectivity index (χ2v) is 9.33. The van der Waals surface area contributed by atoms with Gasteiger partial charge in [-0.2, -0.15) is 18.3 Å². The quantitative estimate of drug-likeness (QED) is 0.471. The Morgan fingerprint density at radius 3 is 2.68 bits per heavy atom. The molecule has 1 saturated heterocycles. The second kappa shape index (κ2) is 9.02. The van der Waals surface area contributed by atoms with Gasteiger partial charge in [0.2, 0.25) is 0 Å². The SMILES string of the molecule is COc1cc(-c2cc(C)c3c(n2)[C@]2(CCCO2)N(c2cnn(CC(F)(F)F)c2)C3=O)cnc1OC(C)C. The predicted octanol–water partition coefficient (Wildman–Crippen LogP) is 4.63. The van der Waals surface area contributed by atoms with Gasteiger partial charge in [0.1, 0.15) is 12.2 Å². The van der Waals surface area contributed by atoms with E-state index >= 15 is 0 Å². The Bertz CT molecular complexity index is 1350. The van der Waals surface area contributed by atoms with Crippen LogP contribution in [0.1, 0.15) is 48.3 Å². The molecule has 0 saturated carbocycles. The molecule has 5 heterocycles. The van der Waals surface area contributed by atoms with E-state index in [9.17, 15) is 18.0 Å². The number of hydrogen-bond donors (Lipinski definition) is 0. The molecule has 1 spiro atoms. The largest absolute Gasteiger partial charge is 0.491 e. The normalized spacial score (nSPS) is 19.2. The molecular formula is C25H26F3N5O4. The molecule has 1 atom stereocenters. The maximum atomic E-state index is 13.7. The molecule has 5 rings (SSSR count). The molecule has 12 heteroatoms. The van der Waals surface area contributed by atoms with E-state index in [1.54, 1.807) is 25.3 Å². The minimum atomic E-state index is -4.44. The van der Waals surface area contributed by atoms with Crippen molar-refractivity contribution in [2.75, 3.05) is 18.6 Å². The highest BCUT2D eigenvalue weighted by Gasteiger charge is 2.56. The third kappa shape index (κ3) is 4.39. The number of amides is 1. The zero-order valence-electron chi connectivity index (χ0n) is 20.8. The first-order valence-electron chi connectivity index (χ1n) is 11.8. The molecule has 0 aliphatic carbocycles. The summed E-state index contributed by atoms with van der Waals surface area (Å²) in [5.41, 5.74) is 1.63. The van der Waals surface area contributed by atoms with Crippen LogP contribution in [0.5, 0.6) is 11.6 Å². The van der Waals surface area contributed by atoms with Crippen LogP contribution in [0.4, 0.5) is 18.9 Å². The Hall–Kier alpha value is -3.67.